The highest BCUT2D eigenvalue weighted by molar-refractivity contribution is 5.91. The van der Waals surface area contributed by atoms with Crippen molar-refractivity contribution in [2.45, 2.75) is 86.0 Å². The molecule has 0 bridgehead atoms. The first kappa shape index (κ1) is 47.2. The van der Waals surface area contributed by atoms with Crippen LogP contribution in [0.3, 0.4) is 0 Å². The molecule has 0 atom stereocenters. The van der Waals surface area contributed by atoms with Crippen molar-refractivity contribution in [2.75, 3.05) is 0 Å². The van der Waals surface area contributed by atoms with Gasteiger partial charge in [-0.25, -0.2) is 0 Å². The van der Waals surface area contributed by atoms with Gasteiger partial charge in [0, 0.05) is 6.92 Å². The molecule has 1 aromatic heterocycles. The highest BCUT2D eigenvalue weighted by Crippen LogP contribution is 2.30. The average molecular weight is 896 g/mol. The number of aryl methyl sites for hydroxylation is 4. The van der Waals surface area contributed by atoms with E-state index in [0.717, 1.165) is 62.5 Å². The van der Waals surface area contributed by atoms with Gasteiger partial charge < -0.3 is 28.4 Å². The summed E-state index contributed by atoms with van der Waals surface area (Å²) in [6.45, 7) is 14.3. The topological polar surface area (TPSA) is 119 Å². The zero-order valence-electron chi connectivity index (χ0n) is 38.9. The van der Waals surface area contributed by atoms with Crippen LogP contribution in [0.2, 0.25) is 0 Å². The fourth-order valence-corrected chi connectivity index (χ4v) is 7.03. The van der Waals surface area contributed by atoms with E-state index in [9.17, 15) is 0 Å². The molecule has 11 heteroatoms. The quantitative estimate of drug-likeness (QED) is 0.0418. The van der Waals surface area contributed by atoms with Crippen LogP contribution >= 0.6 is 0 Å². The van der Waals surface area contributed by atoms with Gasteiger partial charge in [0.25, 0.3) is 0 Å². The van der Waals surface area contributed by atoms with Crippen LogP contribution in [0.5, 0.6) is 52.5 Å². The lowest BCUT2D eigenvalue weighted by atomic mass is 10.1. The van der Waals surface area contributed by atoms with Crippen LogP contribution in [0, 0.1) is 0 Å². The van der Waals surface area contributed by atoms with Crippen LogP contribution in [0.15, 0.2) is 168 Å². The fraction of sp³-hybridized carbons (Fsp3) is 0.232. The van der Waals surface area contributed by atoms with Gasteiger partial charge >= 0.3 is 24.1 Å². The molecular weight excluding hydrogens is 839 g/mol. The first-order valence-electron chi connectivity index (χ1n) is 23.0. The van der Waals surface area contributed by atoms with E-state index in [-0.39, 0.29) is 29.9 Å². The van der Waals surface area contributed by atoms with E-state index in [1.165, 1.54) is 22.3 Å². The van der Waals surface area contributed by atoms with Gasteiger partial charge in [0.1, 0.15) is 34.5 Å². The Balaban J connectivity index is 1.03. The molecule has 0 aliphatic rings. The summed E-state index contributed by atoms with van der Waals surface area (Å²) < 4.78 is 36.5. The summed E-state index contributed by atoms with van der Waals surface area (Å²) in [4.78, 5) is 22.4. The molecule has 0 amide bonds. The molecular formula is C56H57N5O6. The number of aromatic nitrogens is 3. The van der Waals surface area contributed by atoms with Crippen molar-refractivity contribution in [3.05, 3.63) is 180 Å². The van der Waals surface area contributed by atoms with Crippen molar-refractivity contribution in [3.8, 4) is 63.7 Å². The molecule has 0 fully saturated rings. The smallest absolute Gasteiger partial charge is 0.331 e. The molecule has 0 radical (unpaired) electrons. The third kappa shape index (κ3) is 14.6. The first-order chi connectivity index (χ1) is 32.7. The van der Waals surface area contributed by atoms with Crippen molar-refractivity contribution in [2.24, 2.45) is 9.98 Å². The molecule has 11 nitrogen and oxygen atoms in total. The number of hydrogen-bond donors (Lipinski definition) is 0. The van der Waals surface area contributed by atoms with E-state index in [1.807, 2.05) is 146 Å². The van der Waals surface area contributed by atoms with E-state index in [4.69, 9.17) is 28.4 Å². The van der Waals surface area contributed by atoms with Gasteiger partial charge in [-0.1, -0.05) is 126 Å². The summed E-state index contributed by atoms with van der Waals surface area (Å²) in [5, 5.41) is 0. The van der Waals surface area contributed by atoms with Crippen LogP contribution in [-0.4, -0.2) is 26.9 Å². The van der Waals surface area contributed by atoms with E-state index >= 15 is 0 Å². The zero-order valence-corrected chi connectivity index (χ0v) is 38.9. The third-order valence-corrected chi connectivity index (χ3v) is 10.3. The lowest BCUT2D eigenvalue weighted by molar-refractivity contribution is 0.362. The molecule has 0 saturated carbocycles. The van der Waals surface area contributed by atoms with Gasteiger partial charge in [0.15, 0.2) is 5.90 Å². The van der Waals surface area contributed by atoms with Gasteiger partial charge in [-0.05, 0) is 138 Å². The Morgan fingerprint density at radius 2 is 0.687 bits per heavy atom. The number of benzene rings is 6. The maximum Gasteiger partial charge on any atom is 0.331 e. The minimum absolute atomic E-state index is 0.0196. The van der Waals surface area contributed by atoms with E-state index in [2.05, 4.69) is 59.2 Å². The van der Waals surface area contributed by atoms with Gasteiger partial charge in [-0.15, -0.1) is 15.0 Å². The summed E-state index contributed by atoms with van der Waals surface area (Å²) in [5.74, 6) is 3.89. The molecule has 7 aromatic rings. The van der Waals surface area contributed by atoms with Crippen molar-refractivity contribution in [1.29, 1.82) is 0 Å². The second-order valence-electron chi connectivity index (χ2n) is 15.8. The lowest BCUT2D eigenvalue weighted by Gasteiger charge is -2.11. The minimum Gasteiger partial charge on any atom is -0.443 e. The van der Waals surface area contributed by atoms with Gasteiger partial charge in [-0.3, -0.25) is 0 Å². The van der Waals surface area contributed by atoms with Crippen molar-refractivity contribution < 1.29 is 28.4 Å². The molecule has 0 saturated heterocycles. The summed E-state index contributed by atoms with van der Waals surface area (Å²) in [7, 11) is 0. The molecule has 7 rings (SSSR count). The summed E-state index contributed by atoms with van der Waals surface area (Å²) in [5.41, 5.74) is 6.82. The average Bonchev–Trinajstić information content (AvgIpc) is 3.32. The lowest BCUT2D eigenvalue weighted by Crippen LogP contribution is -2.13. The first-order valence-corrected chi connectivity index (χ1v) is 23.0. The van der Waals surface area contributed by atoms with Crippen LogP contribution in [0.25, 0.3) is 11.1 Å². The highest BCUT2D eigenvalue weighted by atomic mass is 16.5. The predicted molar refractivity (Wildman–Crippen MR) is 265 cm³/mol. The Morgan fingerprint density at radius 1 is 0.388 bits per heavy atom. The second-order valence-corrected chi connectivity index (χ2v) is 15.8. The fourth-order valence-electron chi connectivity index (χ4n) is 7.03. The molecule has 6 aromatic carbocycles. The third-order valence-electron chi connectivity index (χ3n) is 10.3. The molecule has 0 aliphatic heterocycles. The highest BCUT2D eigenvalue weighted by Gasteiger charge is 2.14. The Bertz CT molecular complexity index is 2650. The molecule has 67 heavy (non-hydrogen) atoms. The maximum absolute atomic E-state index is 6.15. The SMILES string of the molecule is C=C(/N=C(\N=C(/C)Oc1ccc(-c2ccc(Oc3nc(Oc4ccc(CCC)cc4)nc(Oc4ccc(CCC)cc4)n3)cc2)cc1)Oc1ccc(CCC)cc1)Oc1ccc(CCC)cc1. The maximum atomic E-state index is 6.15. The summed E-state index contributed by atoms with van der Waals surface area (Å²) in [6, 6.07) is 46.8. The summed E-state index contributed by atoms with van der Waals surface area (Å²) in [6.07, 6.45) is 8.18. The summed E-state index contributed by atoms with van der Waals surface area (Å²) >= 11 is 0. The largest absolute Gasteiger partial charge is 0.443 e. The monoisotopic (exact) mass is 895 g/mol. The molecule has 0 unspecified atom stereocenters. The number of ether oxygens (including phenoxy) is 6. The standard InChI is InChI=1S/C56H57N5O6/c1-7-11-41-15-27-47(28-16-41)62-39(5)57-53(64-49-29-17-42(12-8-2)18-30-49)58-40(6)63-48-35-23-45(24-36-48)46-25-37-52(38-26-46)67-56-60-54(65-50-31-19-43(13-9-3)20-32-50)59-55(61-56)66-51-33-21-44(14-10-4)22-34-51/h15-38H,5,7-14H2,1-4,6H3/b57-53+,58-40+. The Kier molecular flexibility index (Phi) is 16.9. The van der Waals surface area contributed by atoms with E-state index < -0.39 is 0 Å². The number of hydrogen-bond acceptors (Lipinski definition) is 10. The molecule has 0 aliphatic carbocycles. The molecule has 342 valence electrons. The Hall–Kier alpha value is -7.79. The normalized spacial score (nSPS) is 11.5. The van der Waals surface area contributed by atoms with E-state index in [0.29, 0.717) is 40.4 Å². The van der Waals surface area contributed by atoms with Gasteiger partial charge in [0.2, 0.25) is 5.88 Å². The molecule has 1 heterocycles. The number of amidine groups is 1. The van der Waals surface area contributed by atoms with Crippen molar-refractivity contribution in [3.63, 3.8) is 0 Å². The van der Waals surface area contributed by atoms with Crippen molar-refractivity contribution >= 4 is 11.9 Å². The van der Waals surface area contributed by atoms with Crippen LogP contribution in [0.4, 0.5) is 0 Å². The second kappa shape index (κ2) is 23.9. The minimum atomic E-state index is 0.0196. The van der Waals surface area contributed by atoms with Crippen LogP contribution in [0.1, 0.15) is 82.6 Å². The van der Waals surface area contributed by atoms with Crippen LogP contribution in [-0.2, 0) is 25.7 Å². The number of rotatable bonds is 20. The predicted octanol–water partition coefficient (Wildman–Crippen LogP) is 14.5. The van der Waals surface area contributed by atoms with Gasteiger partial charge in [-0.2, -0.15) is 9.98 Å². The molecule has 0 spiro atoms. The van der Waals surface area contributed by atoms with Gasteiger partial charge in [0.05, 0.1) is 0 Å². The Labute approximate surface area is 393 Å². The van der Waals surface area contributed by atoms with E-state index in [1.54, 1.807) is 6.92 Å². The molecule has 0 N–H and O–H groups in total. The number of nitrogens with zero attached hydrogens (tertiary/aromatic N) is 5. The Morgan fingerprint density at radius 3 is 1.04 bits per heavy atom. The van der Waals surface area contributed by atoms with Crippen molar-refractivity contribution in [1.82, 2.24) is 15.0 Å². The number of aliphatic imine (C=N–C) groups is 2. The zero-order chi connectivity index (χ0) is 46.8. The van der Waals surface area contributed by atoms with Crippen LogP contribution < -0.4 is 28.4 Å².